The number of piperazine rings is 1. The first-order chi connectivity index (χ1) is 15.9. The highest BCUT2D eigenvalue weighted by Crippen LogP contribution is 2.29. The SMILES string of the molecule is C[C@H]1CN(c2ccc(Cl)cc2F)CCN1C(=O)Cn1nc(-c2ncc[nH]2)c2c(N)ncnc21. The molecule has 1 aliphatic heterocycles. The number of H-pyrrole nitrogens is 1. The summed E-state index contributed by atoms with van der Waals surface area (Å²) in [4.78, 5) is 32.5. The molecule has 170 valence electrons. The molecule has 1 saturated heterocycles. The van der Waals surface area contributed by atoms with E-state index in [1.165, 1.54) is 17.1 Å². The van der Waals surface area contributed by atoms with Crippen molar-refractivity contribution in [1.82, 2.24) is 34.6 Å². The number of fused-ring (bicyclic) bond motifs is 1. The van der Waals surface area contributed by atoms with Crippen molar-refractivity contribution < 1.29 is 9.18 Å². The molecule has 0 spiro atoms. The number of carbonyl (C=O) groups is 1. The summed E-state index contributed by atoms with van der Waals surface area (Å²) in [6, 6.07) is 4.49. The number of rotatable bonds is 4. The van der Waals surface area contributed by atoms with Gasteiger partial charge in [-0.2, -0.15) is 5.10 Å². The highest BCUT2D eigenvalue weighted by atomic mass is 35.5. The number of hydrogen-bond acceptors (Lipinski definition) is 7. The molecule has 1 fully saturated rings. The third-order valence-electron chi connectivity index (χ3n) is 5.76. The quantitative estimate of drug-likeness (QED) is 0.470. The number of benzene rings is 1. The summed E-state index contributed by atoms with van der Waals surface area (Å²) in [7, 11) is 0. The van der Waals surface area contributed by atoms with Crippen LogP contribution in [0.1, 0.15) is 6.92 Å². The molecule has 33 heavy (non-hydrogen) atoms. The zero-order valence-electron chi connectivity index (χ0n) is 17.7. The van der Waals surface area contributed by atoms with Crippen LogP contribution in [0.2, 0.25) is 5.02 Å². The van der Waals surface area contributed by atoms with Gasteiger partial charge in [-0.3, -0.25) is 4.79 Å². The normalized spacial score (nSPS) is 16.5. The number of nitrogens with zero attached hydrogens (tertiary/aromatic N) is 7. The van der Waals surface area contributed by atoms with E-state index in [4.69, 9.17) is 17.3 Å². The van der Waals surface area contributed by atoms with Gasteiger partial charge in [-0.25, -0.2) is 24.0 Å². The minimum absolute atomic E-state index is 0.0205. The fraction of sp³-hybridized carbons (Fsp3) is 0.286. The molecule has 10 nitrogen and oxygen atoms in total. The monoisotopic (exact) mass is 469 g/mol. The topological polar surface area (TPSA) is 122 Å². The fourth-order valence-electron chi connectivity index (χ4n) is 4.20. The maximum absolute atomic E-state index is 14.4. The zero-order chi connectivity index (χ0) is 23.1. The van der Waals surface area contributed by atoms with Crippen LogP contribution in [0.4, 0.5) is 15.9 Å². The number of anilines is 2. The zero-order valence-corrected chi connectivity index (χ0v) is 18.5. The van der Waals surface area contributed by atoms with Crippen molar-refractivity contribution >= 4 is 40.0 Å². The number of hydrogen-bond donors (Lipinski definition) is 2. The Morgan fingerprint density at radius 3 is 2.88 bits per heavy atom. The van der Waals surface area contributed by atoms with Gasteiger partial charge in [0.1, 0.15) is 30.2 Å². The lowest BCUT2D eigenvalue weighted by molar-refractivity contribution is -0.134. The van der Waals surface area contributed by atoms with Crippen molar-refractivity contribution in [2.75, 3.05) is 30.3 Å². The summed E-state index contributed by atoms with van der Waals surface area (Å²) >= 11 is 5.87. The number of aromatic nitrogens is 6. The van der Waals surface area contributed by atoms with E-state index in [1.807, 2.05) is 11.8 Å². The van der Waals surface area contributed by atoms with Crippen molar-refractivity contribution in [3.8, 4) is 11.5 Å². The smallest absolute Gasteiger partial charge is 0.244 e. The van der Waals surface area contributed by atoms with Gasteiger partial charge >= 0.3 is 0 Å². The summed E-state index contributed by atoms with van der Waals surface area (Å²) in [5.41, 5.74) is 7.50. The van der Waals surface area contributed by atoms with Crippen LogP contribution in [0.3, 0.4) is 0 Å². The highest BCUT2D eigenvalue weighted by molar-refractivity contribution is 6.30. The highest BCUT2D eigenvalue weighted by Gasteiger charge is 2.30. The summed E-state index contributed by atoms with van der Waals surface area (Å²) < 4.78 is 15.9. The fourth-order valence-corrected chi connectivity index (χ4v) is 4.36. The van der Waals surface area contributed by atoms with E-state index in [1.54, 1.807) is 29.4 Å². The van der Waals surface area contributed by atoms with Crippen LogP contribution >= 0.6 is 11.6 Å². The van der Waals surface area contributed by atoms with Crippen LogP contribution in [-0.2, 0) is 11.3 Å². The molecule has 1 aromatic carbocycles. The maximum Gasteiger partial charge on any atom is 0.244 e. The molecular weight excluding hydrogens is 449 g/mol. The summed E-state index contributed by atoms with van der Waals surface area (Å²) in [6.45, 7) is 3.36. The summed E-state index contributed by atoms with van der Waals surface area (Å²) in [5, 5.41) is 5.44. The van der Waals surface area contributed by atoms with Gasteiger partial charge in [-0.15, -0.1) is 0 Å². The molecule has 0 radical (unpaired) electrons. The number of carbonyl (C=O) groups excluding carboxylic acids is 1. The Hall–Kier alpha value is -3.73. The minimum atomic E-state index is -0.375. The Morgan fingerprint density at radius 1 is 1.30 bits per heavy atom. The van der Waals surface area contributed by atoms with Gasteiger partial charge < -0.3 is 20.5 Å². The van der Waals surface area contributed by atoms with E-state index >= 15 is 0 Å². The summed E-state index contributed by atoms with van der Waals surface area (Å²) in [5.74, 6) is 0.281. The Kier molecular flexibility index (Phi) is 5.33. The van der Waals surface area contributed by atoms with Gasteiger partial charge in [0.25, 0.3) is 0 Å². The van der Waals surface area contributed by atoms with E-state index < -0.39 is 0 Å². The van der Waals surface area contributed by atoms with E-state index in [-0.39, 0.29) is 30.1 Å². The number of halogens is 2. The first-order valence-corrected chi connectivity index (χ1v) is 10.8. The molecule has 4 aromatic rings. The maximum atomic E-state index is 14.4. The molecule has 0 unspecified atom stereocenters. The Bertz CT molecular complexity index is 1320. The van der Waals surface area contributed by atoms with E-state index in [2.05, 4.69) is 25.0 Å². The molecule has 1 atom stereocenters. The number of imidazole rings is 1. The number of nitrogens with two attached hydrogens (primary N) is 1. The molecule has 4 heterocycles. The molecule has 5 rings (SSSR count). The van der Waals surface area contributed by atoms with Crippen LogP contribution in [0.15, 0.2) is 36.9 Å². The molecule has 3 N–H and O–H groups in total. The van der Waals surface area contributed by atoms with Gasteiger partial charge in [-0.1, -0.05) is 11.6 Å². The van der Waals surface area contributed by atoms with Crippen molar-refractivity contribution in [1.29, 1.82) is 0 Å². The average molecular weight is 470 g/mol. The van der Waals surface area contributed by atoms with E-state index in [0.717, 1.165) is 0 Å². The third kappa shape index (κ3) is 3.84. The van der Waals surface area contributed by atoms with Gasteiger partial charge in [0.05, 0.1) is 11.1 Å². The van der Waals surface area contributed by atoms with Gasteiger partial charge in [0, 0.05) is 43.1 Å². The average Bonchev–Trinajstić information content (AvgIpc) is 3.43. The van der Waals surface area contributed by atoms with Crippen molar-refractivity contribution in [3.63, 3.8) is 0 Å². The van der Waals surface area contributed by atoms with Crippen LogP contribution < -0.4 is 10.6 Å². The molecule has 0 aliphatic carbocycles. The third-order valence-corrected chi connectivity index (χ3v) is 6.00. The second-order valence-electron chi connectivity index (χ2n) is 7.88. The lowest BCUT2D eigenvalue weighted by Gasteiger charge is -2.41. The van der Waals surface area contributed by atoms with E-state index in [0.29, 0.717) is 52.9 Å². The molecule has 1 aliphatic rings. The number of nitrogen functional groups attached to an aromatic ring is 1. The van der Waals surface area contributed by atoms with E-state index in [9.17, 15) is 9.18 Å². The largest absolute Gasteiger partial charge is 0.383 e. The lowest BCUT2D eigenvalue weighted by atomic mass is 10.1. The second kappa shape index (κ2) is 8.32. The standard InChI is InChI=1S/C21H21ClFN9O/c1-12-9-30(15-3-2-13(22)8-14(15)23)6-7-31(12)16(33)10-32-21-17(19(24)27-11-28-21)18(29-32)20-25-4-5-26-20/h2-5,8,11-12H,6-7,9-10H2,1H3,(H,25,26)(H2,24,27,28)/t12-/m0/s1. The van der Waals surface area contributed by atoms with Crippen LogP contribution in [-0.4, -0.2) is 66.2 Å². The summed E-state index contributed by atoms with van der Waals surface area (Å²) in [6.07, 6.45) is 4.63. The van der Waals surface area contributed by atoms with Crippen molar-refractivity contribution in [2.45, 2.75) is 19.5 Å². The Morgan fingerprint density at radius 2 is 2.15 bits per heavy atom. The van der Waals surface area contributed by atoms with Crippen molar-refractivity contribution in [3.05, 3.63) is 47.8 Å². The molecule has 0 bridgehead atoms. The van der Waals surface area contributed by atoms with Crippen LogP contribution in [0.25, 0.3) is 22.6 Å². The van der Waals surface area contributed by atoms with Crippen LogP contribution in [0, 0.1) is 5.82 Å². The number of amides is 1. The van der Waals surface area contributed by atoms with Gasteiger partial charge in [0.15, 0.2) is 11.5 Å². The molecular formula is C21H21ClFN9O. The molecule has 0 saturated carbocycles. The van der Waals surface area contributed by atoms with Crippen LogP contribution in [0.5, 0.6) is 0 Å². The van der Waals surface area contributed by atoms with Crippen molar-refractivity contribution in [2.24, 2.45) is 0 Å². The molecule has 12 heteroatoms. The predicted molar refractivity (Wildman–Crippen MR) is 122 cm³/mol. The minimum Gasteiger partial charge on any atom is -0.383 e. The second-order valence-corrected chi connectivity index (χ2v) is 8.32. The van der Waals surface area contributed by atoms with Gasteiger partial charge in [0.2, 0.25) is 5.91 Å². The number of aromatic amines is 1. The first kappa shape index (κ1) is 21.1. The predicted octanol–water partition coefficient (Wildman–Crippen LogP) is 2.33. The Balaban J connectivity index is 1.37. The Labute approximate surface area is 193 Å². The molecule has 1 amide bonds. The molecule has 3 aromatic heterocycles. The number of nitrogens with one attached hydrogen (secondary N) is 1. The van der Waals surface area contributed by atoms with Gasteiger partial charge in [-0.05, 0) is 25.1 Å². The lowest BCUT2D eigenvalue weighted by Crippen LogP contribution is -2.55. The first-order valence-electron chi connectivity index (χ1n) is 10.4.